The lowest BCUT2D eigenvalue weighted by molar-refractivity contribution is 0.0198. The predicted molar refractivity (Wildman–Crippen MR) is 111 cm³/mol. The summed E-state index contributed by atoms with van der Waals surface area (Å²) >= 11 is 0. The number of phenolic OH excluding ortho intramolecular Hbond substituents is 4. The maximum Gasteiger partial charge on any atom is 0.118 e. The van der Waals surface area contributed by atoms with E-state index in [0.717, 1.165) is 0 Å². The Morgan fingerprint density at radius 1 is 0.536 bits per heavy atom. The van der Waals surface area contributed by atoms with Crippen LogP contribution in [0.3, 0.4) is 0 Å². The van der Waals surface area contributed by atoms with Gasteiger partial charge in [0.1, 0.15) is 23.0 Å². The molecule has 0 spiro atoms. The molecule has 4 nitrogen and oxygen atoms in total. The van der Waals surface area contributed by atoms with E-state index in [-0.39, 0.29) is 23.0 Å². The monoisotopic (exact) mass is 384 g/mol. The Hall–Kier alpha value is -2.36. The molecule has 4 aliphatic rings. The largest absolute Gasteiger partial charge is 0.508 e. The normalized spacial score (nSPS) is 26.6. The van der Waals surface area contributed by atoms with E-state index in [2.05, 4.69) is 0 Å². The number of hydrogen-bond donors (Lipinski definition) is 4. The van der Waals surface area contributed by atoms with Crippen molar-refractivity contribution in [2.45, 2.75) is 52.4 Å². The van der Waals surface area contributed by atoms with Gasteiger partial charge in [0.05, 0.1) is 0 Å². The minimum Gasteiger partial charge on any atom is -0.508 e. The highest BCUT2D eigenvalue weighted by atomic mass is 16.3. The number of aryl methyl sites for hydroxylation is 2. The van der Waals surface area contributed by atoms with Gasteiger partial charge in [-0.1, -0.05) is 0 Å². The van der Waals surface area contributed by atoms with Crippen molar-refractivity contribution in [3.63, 3.8) is 0 Å². The minimum absolute atomic E-state index is 0.185. The molecule has 4 heteroatoms. The molecule has 28 heavy (non-hydrogen) atoms. The molecule has 0 unspecified atom stereocenters. The zero-order valence-corrected chi connectivity index (χ0v) is 16.8. The third-order valence-corrected chi connectivity index (χ3v) is 6.36. The fourth-order valence-electron chi connectivity index (χ4n) is 5.26. The highest BCUT2D eigenvalue weighted by Gasteiger charge is 2.41. The maximum absolute atomic E-state index is 8.93. The summed E-state index contributed by atoms with van der Waals surface area (Å²) in [4.78, 5) is 0. The quantitative estimate of drug-likeness (QED) is 0.443. The molecule has 2 aromatic carbocycles. The molecule has 2 aromatic rings. The van der Waals surface area contributed by atoms with Gasteiger partial charge in [0, 0.05) is 0 Å². The van der Waals surface area contributed by atoms with Crippen LogP contribution in [0, 0.1) is 37.5 Å². The van der Waals surface area contributed by atoms with Crippen molar-refractivity contribution in [1.29, 1.82) is 0 Å². The predicted octanol–water partition coefficient (Wildman–Crippen LogP) is 5.65. The van der Waals surface area contributed by atoms with Crippen molar-refractivity contribution >= 4 is 0 Å². The maximum atomic E-state index is 8.93. The first kappa shape index (κ1) is 20.4. The summed E-state index contributed by atoms with van der Waals surface area (Å²) in [6, 6.07) is 8.84. The number of rotatable bonds is 0. The number of aromatic hydroxyl groups is 4. The minimum atomic E-state index is 0.185. The van der Waals surface area contributed by atoms with E-state index < -0.39 is 0 Å². The third kappa shape index (κ3) is 5.34. The summed E-state index contributed by atoms with van der Waals surface area (Å²) in [6.07, 6.45) is 9.62. The van der Waals surface area contributed by atoms with Gasteiger partial charge in [0.2, 0.25) is 0 Å². The average Bonchev–Trinajstić information content (AvgIpc) is 2.62. The van der Waals surface area contributed by atoms with Crippen LogP contribution in [0.4, 0.5) is 0 Å². The summed E-state index contributed by atoms with van der Waals surface area (Å²) in [7, 11) is 0. The Balaban J connectivity index is 0.000000121. The van der Waals surface area contributed by atoms with Gasteiger partial charge in [-0.15, -0.1) is 0 Å². The highest BCUT2D eigenvalue weighted by molar-refractivity contribution is 5.37. The van der Waals surface area contributed by atoms with E-state index in [9.17, 15) is 0 Å². The summed E-state index contributed by atoms with van der Waals surface area (Å²) in [5.41, 5.74) is 1.38. The smallest absolute Gasteiger partial charge is 0.118 e. The van der Waals surface area contributed by atoms with E-state index in [4.69, 9.17) is 20.4 Å². The van der Waals surface area contributed by atoms with Crippen molar-refractivity contribution < 1.29 is 20.4 Å². The molecular formula is C24H32O4. The number of benzene rings is 2. The van der Waals surface area contributed by atoms with E-state index in [1.165, 1.54) is 60.1 Å². The van der Waals surface area contributed by atoms with Gasteiger partial charge < -0.3 is 20.4 Å². The molecule has 6 rings (SSSR count). The molecule has 0 amide bonds. The van der Waals surface area contributed by atoms with Crippen molar-refractivity contribution in [3.8, 4) is 23.0 Å². The second kappa shape index (κ2) is 8.76. The zero-order valence-electron chi connectivity index (χ0n) is 16.8. The van der Waals surface area contributed by atoms with Crippen molar-refractivity contribution in [3.05, 3.63) is 47.5 Å². The Bertz CT molecular complexity index is 693. The molecule has 4 aliphatic carbocycles. The molecule has 0 saturated heterocycles. The standard InChI is InChI=1S/C10H16.2C7H8O2/c1-7-2-9-4-8(1)5-10(3-7)6-9;2*1-5-4-6(8)2-3-7(5)9/h7-10H,1-6H2;2*2-4,8-9H,1H3. The zero-order chi connectivity index (χ0) is 20.3. The molecule has 152 valence electrons. The van der Waals surface area contributed by atoms with Crippen LogP contribution in [0.1, 0.15) is 49.7 Å². The van der Waals surface area contributed by atoms with Gasteiger partial charge in [0.25, 0.3) is 0 Å². The molecule has 0 radical (unpaired) electrons. The van der Waals surface area contributed by atoms with Crippen molar-refractivity contribution in [2.24, 2.45) is 23.7 Å². The Morgan fingerprint density at radius 2 is 0.821 bits per heavy atom. The molecule has 4 fully saturated rings. The second-order valence-corrected chi connectivity index (χ2v) is 8.82. The van der Waals surface area contributed by atoms with Crippen LogP contribution in [-0.2, 0) is 0 Å². The van der Waals surface area contributed by atoms with Gasteiger partial charge in [-0.3, -0.25) is 0 Å². The van der Waals surface area contributed by atoms with Crippen LogP contribution in [0.5, 0.6) is 23.0 Å². The SMILES string of the molecule is C1C2CC3CC1CC(C2)C3.Cc1cc(O)ccc1O.Cc1cc(O)ccc1O. The first-order valence-corrected chi connectivity index (χ1v) is 10.3. The Morgan fingerprint density at radius 3 is 1.04 bits per heavy atom. The summed E-state index contributed by atoms with van der Waals surface area (Å²) in [6.45, 7) is 3.46. The molecule has 4 N–H and O–H groups in total. The van der Waals surface area contributed by atoms with Crippen LogP contribution in [-0.4, -0.2) is 20.4 Å². The van der Waals surface area contributed by atoms with Crippen LogP contribution < -0.4 is 0 Å². The van der Waals surface area contributed by atoms with Gasteiger partial charge >= 0.3 is 0 Å². The Kier molecular flexibility index (Phi) is 6.38. The van der Waals surface area contributed by atoms with Gasteiger partial charge in [-0.25, -0.2) is 0 Å². The lowest BCUT2D eigenvalue weighted by Crippen LogP contribution is -2.38. The fourth-order valence-corrected chi connectivity index (χ4v) is 5.26. The second-order valence-electron chi connectivity index (χ2n) is 8.82. The Labute approximate surface area is 167 Å². The lowest BCUT2D eigenvalue weighted by atomic mass is 9.56. The molecule has 0 aliphatic heterocycles. The lowest BCUT2D eigenvalue weighted by Gasteiger charge is -2.49. The van der Waals surface area contributed by atoms with Crippen LogP contribution in [0.15, 0.2) is 36.4 Å². The highest BCUT2D eigenvalue weighted by Crippen LogP contribution is 2.53. The van der Waals surface area contributed by atoms with E-state index in [1.54, 1.807) is 52.4 Å². The van der Waals surface area contributed by atoms with Crippen LogP contribution in [0.2, 0.25) is 0 Å². The number of hydrogen-bond acceptors (Lipinski definition) is 4. The summed E-state index contributed by atoms with van der Waals surface area (Å²) < 4.78 is 0. The van der Waals surface area contributed by atoms with E-state index in [1.807, 2.05) is 0 Å². The first-order chi connectivity index (χ1) is 13.3. The van der Waals surface area contributed by atoms with Crippen LogP contribution in [0.25, 0.3) is 0 Å². The van der Waals surface area contributed by atoms with E-state index in [0.29, 0.717) is 11.1 Å². The van der Waals surface area contributed by atoms with Gasteiger partial charge in [-0.05, 0) is 124 Å². The fraction of sp³-hybridized carbons (Fsp3) is 0.500. The van der Waals surface area contributed by atoms with Crippen LogP contribution >= 0.6 is 0 Å². The van der Waals surface area contributed by atoms with Gasteiger partial charge in [-0.2, -0.15) is 0 Å². The van der Waals surface area contributed by atoms with Crippen molar-refractivity contribution in [2.75, 3.05) is 0 Å². The molecule has 0 heterocycles. The summed E-state index contributed by atoms with van der Waals surface area (Å²) in [5, 5.41) is 35.5. The third-order valence-electron chi connectivity index (χ3n) is 6.36. The topological polar surface area (TPSA) is 80.9 Å². The summed E-state index contributed by atoms with van der Waals surface area (Å²) in [5.74, 6) is 5.51. The molecule has 4 saturated carbocycles. The number of phenols is 4. The first-order valence-electron chi connectivity index (χ1n) is 10.3. The molecule has 0 aromatic heterocycles. The average molecular weight is 385 g/mol. The van der Waals surface area contributed by atoms with E-state index >= 15 is 0 Å². The van der Waals surface area contributed by atoms with Crippen molar-refractivity contribution in [1.82, 2.24) is 0 Å². The van der Waals surface area contributed by atoms with Gasteiger partial charge in [0.15, 0.2) is 0 Å². The molecular weight excluding hydrogens is 352 g/mol. The molecule has 0 atom stereocenters. The molecule has 4 bridgehead atoms.